The van der Waals surface area contributed by atoms with E-state index in [1.165, 1.54) is 0 Å². The largest absolute Gasteiger partial charge is 0.497 e. The zero-order chi connectivity index (χ0) is 17.9. The number of nitrogens with zero attached hydrogens (tertiary/aromatic N) is 2. The Kier molecular flexibility index (Phi) is 5.47. The summed E-state index contributed by atoms with van der Waals surface area (Å²) in [4.78, 5) is 16.3. The van der Waals surface area contributed by atoms with Crippen LogP contribution in [0.15, 0.2) is 18.2 Å². The van der Waals surface area contributed by atoms with Crippen LogP contribution in [-0.2, 0) is 11.3 Å². The van der Waals surface area contributed by atoms with E-state index in [4.69, 9.17) is 9.47 Å². The third-order valence-corrected chi connectivity index (χ3v) is 5.19. The predicted octanol–water partition coefficient (Wildman–Crippen LogP) is 2.63. The summed E-state index contributed by atoms with van der Waals surface area (Å²) in [6.07, 6.45) is 2.97. The number of hydrogen-bond donors (Lipinski definition) is 0. The van der Waals surface area contributed by atoms with Crippen LogP contribution >= 0.6 is 0 Å². The monoisotopic (exact) mass is 350 g/mol. The molecule has 3 rings (SSSR count). The highest BCUT2D eigenvalue weighted by molar-refractivity contribution is 5.85. The van der Waals surface area contributed by atoms with Gasteiger partial charge >= 0.3 is 0 Å². The third-order valence-electron chi connectivity index (χ3n) is 5.19. The van der Waals surface area contributed by atoms with Gasteiger partial charge < -0.3 is 14.4 Å². The molecular formula is C19H27FN2O3. The van der Waals surface area contributed by atoms with Crippen LogP contribution in [0.3, 0.4) is 0 Å². The lowest BCUT2D eigenvalue weighted by Gasteiger charge is -2.38. The van der Waals surface area contributed by atoms with Gasteiger partial charge in [-0.1, -0.05) is 6.07 Å². The van der Waals surface area contributed by atoms with Crippen LogP contribution in [0.1, 0.15) is 31.2 Å². The molecule has 2 fully saturated rings. The Balaban J connectivity index is 1.70. The molecule has 25 heavy (non-hydrogen) atoms. The van der Waals surface area contributed by atoms with Crippen molar-refractivity contribution in [2.45, 2.75) is 37.9 Å². The van der Waals surface area contributed by atoms with Crippen molar-refractivity contribution in [1.29, 1.82) is 0 Å². The normalized spacial score (nSPS) is 24.4. The summed E-state index contributed by atoms with van der Waals surface area (Å²) in [5, 5.41) is 0. The van der Waals surface area contributed by atoms with Gasteiger partial charge in [0.2, 0.25) is 5.67 Å². The molecular weight excluding hydrogens is 323 g/mol. The van der Waals surface area contributed by atoms with Crippen LogP contribution in [0.4, 0.5) is 4.39 Å². The summed E-state index contributed by atoms with van der Waals surface area (Å²) in [5.74, 6) is 1.12. The molecule has 1 amide bonds. The standard InChI is InChI=1S/C19H27FN2O3/c1-24-16-7-6-15(17(12-16)25-2)13-21-9-5-8-19(20,14-21)18(23)22-10-3-4-11-22/h6-7,12H,3-5,8-11,13-14H2,1-2H3. The number of alkyl halides is 1. The van der Waals surface area contributed by atoms with Crippen LogP contribution in [0.5, 0.6) is 11.5 Å². The van der Waals surface area contributed by atoms with E-state index in [0.29, 0.717) is 32.5 Å². The number of rotatable bonds is 5. The number of benzene rings is 1. The first-order valence-electron chi connectivity index (χ1n) is 8.97. The van der Waals surface area contributed by atoms with Gasteiger partial charge in [0.25, 0.3) is 5.91 Å². The molecule has 0 radical (unpaired) electrons. The van der Waals surface area contributed by atoms with Crippen LogP contribution in [-0.4, -0.2) is 61.8 Å². The maximum absolute atomic E-state index is 15.4. The molecule has 6 heteroatoms. The minimum atomic E-state index is -1.76. The number of methoxy groups -OCH3 is 2. The molecule has 0 bridgehead atoms. The second kappa shape index (κ2) is 7.60. The highest BCUT2D eigenvalue weighted by Gasteiger charge is 2.45. The van der Waals surface area contributed by atoms with Crippen LogP contribution < -0.4 is 9.47 Å². The lowest BCUT2D eigenvalue weighted by atomic mass is 9.92. The van der Waals surface area contributed by atoms with Crippen molar-refractivity contribution in [2.24, 2.45) is 0 Å². The quantitative estimate of drug-likeness (QED) is 0.819. The molecule has 2 aliphatic rings. The summed E-state index contributed by atoms with van der Waals surface area (Å²) in [6.45, 7) is 2.88. The van der Waals surface area contributed by atoms with Crippen molar-refractivity contribution < 1.29 is 18.7 Å². The zero-order valence-electron chi connectivity index (χ0n) is 15.1. The van der Waals surface area contributed by atoms with E-state index in [1.807, 2.05) is 23.1 Å². The summed E-state index contributed by atoms with van der Waals surface area (Å²) in [6, 6.07) is 5.64. The Morgan fingerprint density at radius 3 is 2.60 bits per heavy atom. The average molecular weight is 350 g/mol. The molecule has 1 aromatic rings. The first-order chi connectivity index (χ1) is 12.1. The molecule has 2 saturated heterocycles. The maximum Gasteiger partial charge on any atom is 0.261 e. The van der Waals surface area contributed by atoms with Crippen LogP contribution in [0.2, 0.25) is 0 Å². The minimum Gasteiger partial charge on any atom is -0.497 e. The molecule has 5 nitrogen and oxygen atoms in total. The summed E-state index contributed by atoms with van der Waals surface area (Å²) in [7, 11) is 3.23. The van der Waals surface area contributed by atoms with E-state index in [9.17, 15) is 4.79 Å². The molecule has 138 valence electrons. The van der Waals surface area contributed by atoms with Gasteiger partial charge in [0.15, 0.2) is 0 Å². The van der Waals surface area contributed by atoms with E-state index in [1.54, 1.807) is 19.1 Å². The first-order valence-corrected chi connectivity index (χ1v) is 8.97. The van der Waals surface area contributed by atoms with Gasteiger partial charge in [-0.2, -0.15) is 0 Å². The smallest absolute Gasteiger partial charge is 0.261 e. The van der Waals surface area contributed by atoms with Gasteiger partial charge in [-0.05, 0) is 38.3 Å². The van der Waals surface area contributed by atoms with Crippen molar-refractivity contribution in [3.8, 4) is 11.5 Å². The maximum atomic E-state index is 15.4. The number of piperidine rings is 1. The lowest BCUT2D eigenvalue weighted by Crippen LogP contribution is -2.54. The molecule has 0 spiro atoms. The van der Waals surface area contributed by atoms with Crippen molar-refractivity contribution in [1.82, 2.24) is 9.80 Å². The highest BCUT2D eigenvalue weighted by Crippen LogP contribution is 2.32. The van der Waals surface area contributed by atoms with Crippen LogP contribution in [0.25, 0.3) is 0 Å². The second-order valence-electron chi connectivity index (χ2n) is 6.96. The van der Waals surface area contributed by atoms with Gasteiger partial charge in [-0.25, -0.2) is 4.39 Å². The van der Waals surface area contributed by atoms with E-state index in [-0.39, 0.29) is 12.5 Å². The number of likely N-dealkylation sites (tertiary alicyclic amines) is 2. The Hall–Kier alpha value is -1.82. The fourth-order valence-electron chi connectivity index (χ4n) is 3.83. The molecule has 1 unspecified atom stereocenters. The summed E-state index contributed by atoms with van der Waals surface area (Å²) in [5.41, 5.74) is -0.788. The fraction of sp³-hybridized carbons (Fsp3) is 0.632. The Morgan fingerprint density at radius 1 is 1.16 bits per heavy atom. The van der Waals surface area contributed by atoms with Crippen molar-refractivity contribution in [3.05, 3.63) is 23.8 Å². The molecule has 0 saturated carbocycles. The Morgan fingerprint density at radius 2 is 1.92 bits per heavy atom. The number of hydrogen-bond acceptors (Lipinski definition) is 4. The topological polar surface area (TPSA) is 42.0 Å². The zero-order valence-corrected chi connectivity index (χ0v) is 15.1. The van der Waals surface area contributed by atoms with E-state index >= 15 is 4.39 Å². The Bertz CT molecular complexity index is 619. The molecule has 2 aliphatic heterocycles. The van der Waals surface area contributed by atoms with Gasteiger partial charge in [0.05, 0.1) is 14.2 Å². The number of amides is 1. The third kappa shape index (κ3) is 3.89. The van der Waals surface area contributed by atoms with Crippen molar-refractivity contribution >= 4 is 5.91 Å². The second-order valence-corrected chi connectivity index (χ2v) is 6.96. The minimum absolute atomic E-state index is 0.150. The van der Waals surface area contributed by atoms with Crippen molar-refractivity contribution in [2.75, 3.05) is 40.4 Å². The summed E-state index contributed by atoms with van der Waals surface area (Å²) < 4.78 is 26.0. The van der Waals surface area contributed by atoms with Crippen molar-refractivity contribution in [3.63, 3.8) is 0 Å². The predicted molar refractivity (Wildman–Crippen MR) is 93.7 cm³/mol. The number of halogens is 1. The SMILES string of the molecule is COc1ccc(CN2CCCC(F)(C(=O)N3CCCC3)C2)c(OC)c1. The number of ether oxygens (including phenoxy) is 2. The molecule has 0 N–H and O–H groups in total. The molecule has 1 aromatic carbocycles. The number of carbonyl (C=O) groups excluding carboxylic acids is 1. The van der Waals surface area contributed by atoms with E-state index in [0.717, 1.165) is 36.4 Å². The van der Waals surface area contributed by atoms with Gasteiger partial charge in [0.1, 0.15) is 11.5 Å². The first kappa shape index (κ1) is 18.0. The average Bonchev–Trinajstić information content (AvgIpc) is 3.16. The van der Waals surface area contributed by atoms with Gasteiger partial charge in [-0.15, -0.1) is 0 Å². The molecule has 0 aliphatic carbocycles. The van der Waals surface area contributed by atoms with Crippen LogP contribution in [0, 0.1) is 0 Å². The van der Waals surface area contributed by atoms with E-state index < -0.39 is 5.67 Å². The molecule has 0 aromatic heterocycles. The van der Waals surface area contributed by atoms with E-state index in [2.05, 4.69) is 0 Å². The van der Waals surface area contributed by atoms with Gasteiger partial charge in [0, 0.05) is 37.8 Å². The van der Waals surface area contributed by atoms with Gasteiger partial charge in [-0.3, -0.25) is 9.69 Å². The number of carbonyl (C=O) groups is 1. The lowest BCUT2D eigenvalue weighted by molar-refractivity contribution is -0.147. The Labute approximate surface area is 148 Å². The highest BCUT2D eigenvalue weighted by atomic mass is 19.1. The molecule has 1 atom stereocenters. The fourth-order valence-corrected chi connectivity index (χ4v) is 3.83. The molecule has 2 heterocycles. The summed E-state index contributed by atoms with van der Waals surface area (Å²) >= 11 is 0.